The topological polar surface area (TPSA) is 46.2 Å². The Kier molecular flexibility index (Phi) is 2.85. The first-order valence-electron chi connectivity index (χ1n) is 6.11. The third kappa shape index (κ3) is 1.82. The minimum absolute atomic E-state index is 0.00186. The van der Waals surface area contributed by atoms with E-state index in [4.69, 9.17) is 5.73 Å². The molecule has 0 aromatic carbocycles. The predicted octanol–water partition coefficient (Wildman–Crippen LogP) is 2.05. The zero-order valence-electron chi connectivity index (χ0n) is 9.21. The highest BCUT2D eigenvalue weighted by atomic mass is 16.3. The molecular weight excluding hydrogens is 174 g/mol. The number of aliphatic hydroxyl groups is 1. The summed E-state index contributed by atoms with van der Waals surface area (Å²) in [5.74, 6) is 1.63. The lowest BCUT2D eigenvalue weighted by molar-refractivity contribution is -0.0214. The Morgan fingerprint density at radius 3 is 2.21 bits per heavy atom. The molecule has 0 atom stereocenters. The van der Waals surface area contributed by atoms with Gasteiger partial charge in [0.25, 0.3) is 0 Å². The van der Waals surface area contributed by atoms with E-state index in [9.17, 15) is 5.11 Å². The Bertz CT molecular complexity index is 190. The smallest absolute Gasteiger partial charge is 0.0575 e. The minimum atomic E-state index is -0.108. The van der Waals surface area contributed by atoms with Gasteiger partial charge in [-0.05, 0) is 37.5 Å². The summed E-state index contributed by atoms with van der Waals surface area (Å²) < 4.78 is 0. The zero-order chi connectivity index (χ0) is 10.2. The van der Waals surface area contributed by atoms with Gasteiger partial charge in [-0.1, -0.05) is 26.2 Å². The fourth-order valence-electron chi connectivity index (χ4n) is 3.30. The van der Waals surface area contributed by atoms with Crippen LogP contribution in [0.5, 0.6) is 0 Å². The van der Waals surface area contributed by atoms with Gasteiger partial charge in [0.1, 0.15) is 0 Å². The van der Waals surface area contributed by atoms with E-state index in [1.807, 2.05) is 0 Å². The molecule has 2 rings (SSSR count). The maximum atomic E-state index is 9.33. The molecule has 0 aliphatic heterocycles. The van der Waals surface area contributed by atoms with Crippen molar-refractivity contribution in [3.8, 4) is 0 Å². The predicted molar refractivity (Wildman–Crippen MR) is 57.9 cm³/mol. The summed E-state index contributed by atoms with van der Waals surface area (Å²) in [7, 11) is 0. The molecule has 2 aliphatic rings. The van der Waals surface area contributed by atoms with Crippen molar-refractivity contribution in [3.63, 3.8) is 0 Å². The first-order chi connectivity index (χ1) is 6.64. The first-order valence-corrected chi connectivity index (χ1v) is 6.11. The molecular formula is C12H23NO. The van der Waals surface area contributed by atoms with Gasteiger partial charge in [-0.25, -0.2) is 0 Å². The summed E-state index contributed by atoms with van der Waals surface area (Å²) in [6.45, 7) is 2.29. The third-order valence-electron chi connectivity index (χ3n) is 4.47. The van der Waals surface area contributed by atoms with E-state index in [-0.39, 0.29) is 11.6 Å². The van der Waals surface area contributed by atoms with E-state index in [1.54, 1.807) is 0 Å². The molecule has 82 valence electrons. The highest BCUT2D eigenvalue weighted by Crippen LogP contribution is 2.44. The lowest BCUT2D eigenvalue weighted by Crippen LogP contribution is -2.59. The van der Waals surface area contributed by atoms with Crippen LogP contribution in [-0.2, 0) is 0 Å². The van der Waals surface area contributed by atoms with Gasteiger partial charge in [0.05, 0.1) is 6.10 Å². The molecule has 2 fully saturated rings. The Balaban J connectivity index is 1.83. The Hall–Kier alpha value is -0.0800. The van der Waals surface area contributed by atoms with Crippen LogP contribution in [-0.4, -0.2) is 16.7 Å². The summed E-state index contributed by atoms with van der Waals surface area (Å²) in [4.78, 5) is 0. The van der Waals surface area contributed by atoms with Crippen LogP contribution < -0.4 is 5.73 Å². The van der Waals surface area contributed by atoms with Crippen molar-refractivity contribution in [2.75, 3.05) is 0 Å². The van der Waals surface area contributed by atoms with Crippen molar-refractivity contribution in [1.29, 1.82) is 0 Å². The Labute approximate surface area is 86.9 Å². The average Bonchev–Trinajstić information content (AvgIpc) is 2.16. The quantitative estimate of drug-likeness (QED) is 0.711. The van der Waals surface area contributed by atoms with Gasteiger partial charge in [-0.3, -0.25) is 0 Å². The second kappa shape index (κ2) is 3.82. The van der Waals surface area contributed by atoms with Gasteiger partial charge < -0.3 is 10.8 Å². The van der Waals surface area contributed by atoms with Gasteiger partial charge >= 0.3 is 0 Å². The molecule has 0 amide bonds. The van der Waals surface area contributed by atoms with E-state index < -0.39 is 0 Å². The highest BCUT2D eigenvalue weighted by Gasteiger charge is 2.46. The average molecular weight is 197 g/mol. The van der Waals surface area contributed by atoms with Crippen LogP contribution in [0.4, 0.5) is 0 Å². The summed E-state index contributed by atoms with van der Waals surface area (Å²) in [5, 5.41) is 9.33. The molecule has 0 saturated heterocycles. The molecule has 0 unspecified atom stereocenters. The molecule has 0 spiro atoms. The van der Waals surface area contributed by atoms with E-state index in [1.165, 1.54) is 32.1 Å². The van der Waals surface area contributed by atoms with Crippen LogP contribution in [0.2, 0.25) is 0 Å². The number of hydrogen-bond acceptors (Lipinski definition) is 2. The van der Waals surface area contributed by atoms with Crippen molar-refractivity contribution in [3.05, 3.63) is 0 Å². The molecule has 3 N–H and O–H groups in total. The van der Waals surface area contributed by atoms with Gasteiger partial charge in [0.2, 0.25) is 0 Å². The van der Waals surface area contributed by atoms with E-state index >= 15 is 0 Å². The van der Waals surface area contributed by atoms with Crippen molar-refractivity contribution in [2.24, 2.45) is 17.6 Å². The second-order valence-electron chi connectivity index (χ2n) is 5.42. The largest absolute Gasteiger partial charge is 0.393 e. The van der Waals surface area contributed by atoms with E-state index in [2.05, 4.69) is 6.92 Å². The van der Waals surface area contributed by atoms with Crippen molar-refractivity contribution >= 4 is 0 Å². The van der Waals surface area contributed by atoms with Crippen LogP contribution >= 0.6 is 0 Å². The third-order valence-corrected chi connectivity index (χ3v) is 4.47. The lowest BCUT2D eigenvalue weighted by Gasteiger charge is -2.50. The fraction of sp³-hybridized carbons (Fsp3) is 1.00. The molecule has 2 aliphatic carbocycles. The number of aliphatic hydroxyl groups excluding tert-OH is 1. The summed E-state index contributed by atoms with van der Waals surface area (Å²) in [5.41, 5.74) is 6.29. The molecule has 2 heteroatoms. The number of hydrogen-bond donors (Lipinski definition) is 2. The van der Waals surface area contributed by atoms with Crippen LogP contribution in [0.1, 0.15) is 51.9 Å². The maximum Gasteiger partial charge on any atom is 0.0575 e. The second-order valence-corrected chi connectivity index (χ2v) is 5.42. The Morgan fingerprint density at radius 2 is 1.79 bits per heavy atom. The van der Waals surface area contributed by atoms with Gasteiger partial charge in [-0.2, -0.15) is 0 Å². The molecule has 2 nitrogen and oxygen atoms in total. The van der Waals surface area contributed by atoms with E-state index in [0.29, 0.717) is 5.92 Å². The first kappa shape index (κ1) is 10.4. The minimum Gasteiger partial charge on any atom is -0.393 e. The fourth-order valence-corrected chi connectivity index (χ4v) is 3.30. The van der Waals surface area contributed by atoms with Gasteiger partial charge in [-0.15, -0.1) is 0 Å². The normalized spacial score (nSPS) is 48.6. The summed E-state index contributed by atoms with van der Waals surface area (Å²) in [6.07, 6.45) is 8.20. The van der Waals surface area contributed by atoms with Crippen LogP contribution in [0.3, 0.4) is 0 Å². The molecule has 0 heterocycles. The molecule has 0 aromatic heterocycles. The molecule has 0 bridgehead atoms. The Morgan fingerprint density at radius 1 is 1.21 bits per heavy atom. The summed E-state index contributed by atoms with van der Waals surface area (Å²) in [6, 6.07) is 0. The van der Waals surface area contributed by atoms with Crippen molar-refractivity contribution in [2.45, 2.75) is 63.5 Å². The molecule has 2 saturated carbocycles. The standard InChI is InChI=1S/C12H23NO/c1-2-9-3-5-10(6-4-9)12(13)7-11(14)8-12/h9-11,14H,2-8,13H2,1H3. The SMILES string of the molecule is CCC1CCC(C2(N)CC(O)C2)CC1. The molecule has 0 aromatic rings. The molecule has 0 radical (unpaired) electrons. The monoisotopic (exact) mass is 197 g/mol. The number of nitrogens with two attached hydrogens (primary N) is 1. The lowest BCUT2D eigenvalue weighted by atomic mass is 9.61. The van der Waals surface area contributed by atoms with Crippen LogP contribution in [0.25, 0.3) is 0 Å². The van der Waals surface area contributed by atoms with Crippen LogP contribution in [0.15, 0.2) is 0 Å². The van der Waals surface area contributed by atoms with Gasteiger partial charge in [0.15, 0.2) is 0 Å². The van der Waals surface area contributed by atoms with Crippen LogP contribution in [0, 0.1) is 11.8 Å². The zero-order valence-corrected chi connectivity index (χ0v) is 9.21. The maximum absolute atomic E-state index is 9.33. The molecule has 14 heavy (non-hydrogen) atoms. The van der Waals surface area contributed by atoms with Crippen molar-refractivity contribution in [1.82, 2.24) is 0 Å². The summed E-state index contributed by atoms with van der Waals surface area (Å²) >= 11 is 0. The number of rotatable bonds is 2. The highest BCUT2D eigenvalue weighted by molar-refractivity contribution is 5.03. The van der Waals surface area contributed by atoms with E-state index in [0.717, 1.165) is 18.8 Å². The van der Waals surface area contributed by atoms with Crippen molar-refractivity contribution < 1.29 is 5.11 Å². The van der Waals surface area contributed by atoms with Gasteiger partial charge in [0, 0.05) is 5.54 Å².